The van der Waals surface area contributed by atoms with Gasteiger partial charge in [-0.25, -0.2) is 13.8 Å². The number of rotatable bonds is 9. The number of carbonyl (C=O) groups is 1. The number of nitrogens with zero attached hydrogens (tertiary/aromatic N) is 2. The summed E-state index contributed by atoms with van der Waals surface area (Å²) in [6.07, 6.45) is 1.42. The van der Waals surface area contributed by atoms with Gasteiger partial charge in [-0.2, -0.15) is 5.10 Å². The summed E-state index contributed by atoms with van der Waals surface area (Å²) in [5.41, 5.74) is 5.30. The van der Waals surface area contributed by atoms with Gasteiger partial charge in [0.05, 0.1) is 31.0 Å². The second-order valence-corrected chi connectivity index (χ2v) is 9.94. The summed E-state index contributed by atoms with van der Waals surface area (Å²) in [4.78, 5) is 12.7. The first-order valence-electron chi connectivity index (χ1n) is 10.5. The molecule has 0 bridgehead atoms. The van der Waals surface area contributed by atoms with Crippen LogP contribution in [0.15, 0.2) is 70.7 Å². The smallest absolute Gasteiger partial charge is 0.264 e. The molecule has 1 amide bonds. The van der Waals surface area contributed by atoms with Gasteiger partial charge in [0.25, 0.3) is 15.9 Å². The molecule has 0 unspecified atom stereocenters. The molecule has 0 atom stereocenters. The number of anilines is 1. The van der Waals surface area contributed by atoms with Crippen LogP contribution < -0.4 is 19.2 Å². The normalized spacial score (nSPS) is 11.3. The van der Waals surface area contributed by atoms with Gasteiger partial charge in [-0.1, -0.05) is 17.7 Å². The van der Waals surface area contributed by atoms with E-state index in [1.165, 1.54) is 44.7 Å². The number of hydrogen-bond acceptors (Lipinski definition) is 6. The van der Waals surface area contributed by atoms with Gasteiger partial charge in [-0.05, 0) is 85.1 Å². The maximum atomic E-state index is 13.4. The fourth-order valence-corrected chi connectivity index (χ4v) is 4.75. The third-order valence-electron chi connectivity index (χ3n) is 5.28. The Hall–Kier alpha value is -3.56. The van der Waals surface area contributed by atoms with Crippen LogP contribution in [0.25, 0.3) is 0 Å². The zero-order valence-corrected chi connectivity index (χ0v) is 21.4. The Kier molecular flexibility index (Phi) is 8.37. The number of ether oxygens (including phenoxy) is 2. The zero-order chi connectivity index (χ0) is 25.6. The second-order valence-electron chi connectivity index (χ2n) is 7.64. The van der Waals surface area contributed by atoms with Gasteiger partial charge in [0, 0.05) is 5.02 Å². The quantitative estimate of drug-likeness (QED) is 0.338. The summed E-state index contributed by atoms with van der Waals surface area (Å²) in [5.74, 6) is 0.459. The number of aryl methyl sites for hydroxylation is 2. The fraction of sp³-hybridized carbons (Fsp3) is 0.200. The van der Waals surface area contributed by atoms with Crippen molar-refractivity contribution in [3.8, 4) is 11.5 Å². The van der Waals surface area contributed by atoms with Gasteiger partial charge >= 0.3 is 0 Å². The van der Waals surface area contributed by atoms with Crippen molar-refractivity contribution in [2.45, 2.75) is 18.7 Å². The van der Waals surface area contributed by atoms with Gasteiger partial charge in [0.2, 0.25) is 0 Å². The van der Waals surface area contributed by atoms with Crippen LogP contribution in [0.3, 0.4) is 0 Å². The average Bonchev–Trinajstić information content (AvgIpc) is 2.84. The molecule has 1 N–H and O–H groups in total. The minimum atomic E-state index is -4.06. The van der Waals surface area contributed by atoms with Crippen molar-refractivity contribution in [1.82, 2.24) is 5.43 Å². The van der Waals surface area contributed by atoms with E-state index in [9.17, 15) is 13.2 Å². The summed E-state index contributed by atoms with van der Waals surface area (Å²) >= 11 is 5.92. The highest BCUT2D eigenvalue weighted by molar-refractivity contribution is 7.92. The number of methoxy groups -OCH3 is 2. The number of benzene rings is 3. The first kappa shape index (κ1) is 26.1. The van der Waals surface area contributed by atoms with E-state index in [0.29, 0.717) is 27.8 Å². The molecule has 0 aliphatic heterocycles. The lowest BCUT2D eigenvalue weighted by atomic mass is 10.1. The van der Waals surface area contributed by atoms with E-state index in [2.05, 4.69) is 10.5 Å². The van der Waals surface area contributed by atoms with Crippen molar-refractivity contribution in [3.63, 3.8) is 0 Å². The van der Waals surface area contributed by atoms with Crippen LogP contribution in [0.2, 0.25) is 5.02 Å². The number of nitrogens with one attached hydrogen (secondary N) is 1. The topological polar surface area (TPSA) is 97.3 Å². The van der Waals surface area contributed by atoms with Crippen LogP contribution >= 0.6 is 11.6 Å². The molecule has 0 aliphatic rings. The predicted molar refractivity (Wildman–Crippen MR) is 137 cm³/mol. The van der Waals surface area contributed by atoms with E-state index in [1.54, 1.807) is 30.3 Å². The van der Waals surface area contributed by atoms with Crippen molar-refractivity contribution in [2.24, 2.45) is 5.10 Å². The van der Waals surface area contributed by atoms with Crippen molar-refractivity contribution in [2.75, 3.05) is 25.1 Å². The lowest BCUT2D eigenvalue weighted by Gasteiger charge is -2.24. The summed E-state index contributed by atoms with van der Waals surface area (Å²) in [5, 5.41) is 4.36. The van der Waals surface area contributed by atoms with Gasteiger partial charge in [-0.3, -0.25) is 9.10 Å². The SMILES string of the molecule is COc1ccc(/C=N\NC(=O)CN(c2ccc(C)c(C)c2)S(=O)(=O)c2ccc(Cl)cc2)cc1OC. The molecule has 0 heterocycles. The van der Waals surface area contributed by atoms with Gasteiger partial charge in [0.15, 0.2) is 11.5 Å². The van der Waals surface area contributed by atoms with E-state index in [-0.39, 0.29) is 4.90 Å². The fourth-order valence-electron chi connectivity index (χ4n) is 3.21. The van der Waals surface area contributed by atoms with Crippen LogP contribution in [0.1, 0.15) is 16.7 Å². The Morgan fingerprint density at radius 3 is 2.29 bits per heavy atom. The number of sulfonamides is 1. The van der Waals surface area contributed by atoms with Crippen molar-refractivity contribution in [1.29, 1.82) is 0 Å². The minimum Gasteiger partial charge on any atom is -0.493 e. The zero-order valence-electron chi connectivity index (χ0n) is 19.8. The number of halogens is 1. The van der Waals surface area contributed by atoms with Crippen molar-refractivity contribution >= 4 is 39.4 Å². The first-order chi connectivity index (χ1) is 16.6. The third kappa shape index (κ3) is 6.32. The lowest BCUT2D eigenvalue weighted by Crippen LogP contribution is -2.39. The summed E-state index contributed by atoms with van der Waals surface area (Å²) in [6, 6.07) is 16.1. The Morgan fingerprint density at radius 1 is 0.971 bits per heavy atom. The standard InChI is InChI=1S/C25H26ClN3O5S/c1-17-5-9-21(13-18(17)2)29(35(31,32)22-10-7-20(26)8-11-22)16-25(30)28-27-15-19-6-12-23(33-3)24(14-19)34-4/h5-15H,16H2,1-4H3,(H,28,30)/b27-15-. The van der Waals surface area contributed by atoms with Crippen LogP contribution in [-0.4, -0.2) is 41.3 Å². The van der Waals surface area contributed by atoms with Crippen molar-refractivity contribution < 1.29 is 22.7 Å². The van der Waals surface area contributed by atoms with Gasteiger partial charge in [-0.15, -0.1) is 0 Å². The Balaban J connectivity index is 1.84. The van der Waals surface area contributed by atoms with E-state index < -0.39 is 22.5 Å². The molecule has 10 heteroatoms. The number of hydrazone groups is 1. The minimum absolute atomic E-state index is 0.0155. The molecule has 8 nitrogen and oxygen atoms in total. The maximum Gasteiger partial charge on any atom is 0.264 e. The highest BCUT2D eigenvalue weighted by Crippen LogP contribution is 2.28. The molecule has 0 fully saturated rings. The average molecular weight is 516 g/mol. The van der Waals surface area contributed by atoms with E-state index in [0.717, 1.165) is 15.4 Å². The molecule has 3 aromatic carbocycles. The van der Waals surface area contributed by atoms with Crippen LogP contribution in [0, 0.1) is 13.8 Å². The van der Waals surface area contributed by atoms with Crippen molar-refractivity contribution in [3.05, 3.63) is 82.4 Å². The first-order valence-corrected chi connectivity index (χ1v) is 12.4. The molecule has 0 aromatic heterocycles. The Morgan fingerprint density at radius 2 is 1.66 bits per heavy atom. The third-order valence-corrected chi connectivity index (χ3v) is 7.32. The molecule has 0 saturated carbocycles. The molecule has 0 radical (unpaired) electrons. The molecule has 184 valence electrons. The number of hydrogen-bond donors (Lipinski definition) is 1. The number of amides is 1. The summed E-state index contributed by atoms with van der Waals surface area (Å²) in [6.45, 7) is 3.32. The molecule has 3 aromatic rings. The van der Waals surface area contributed by atoms with E-state index in [4.69, 9.17) is 21.1 Å². The Bertz CT molecular complexity index is 1340. The van der Waals surface area contributed by atoms with Gasteiger partial charge in [0.1, 0.15) is 6.54 Å². The molecular weight excluding hydrogens is 490 g/mol. The van der Waals surface area contributed by atoms with Crippen LogP contribution in [-0.2, 0) is 14.8 Å². The van der Waals surface area contributed by atoms with Crippen LogP contribution in [0.5, 0.6) is 11.5 Å². The monoisotopic (exact) mass is 515 g/mol. The molecule has 35 heavy (non-hydrogen) atoms. The second kappa shape index (κ2) is 11.2. The Labute approximate surface area is 210 Å². The van der Waals surface area contributed by atoms with Gasteiger partial charge < -0.3 is 9.47 Å². The molecule has 0 aliphatic carbocycles. The van der Waals surface area contributed by atoms with E-state index in [1.807, 2.05) is 19.9 Å². The summed E-state index contributed by atoms with van der Waals surface area (Å²) in [7, 11) is -1.01. The largest absolute Gasteiger partial charge is 0.493 e. The maximum absolute atomic E-state index is 13.4. The number of carbonyl (C=O) groups excluding carboxylic acids is 1. The van der Waals surface area contributed by atoms with E-state index >= 15 is 0 Å². The molecule has 0 saturated heterocycles. The molecular formula is C25H26ClN3O5S. The summed E-state index contributed by atoms with van der Waals surface area (Å²) < 4.78 is 38.4. The molecule has 3 rings (SSSR count). The molecule has 0 spiro atoms. The predicted octanol–water partition coefficient (Wildman–Crippen LogP) is 4.32. The highest BCUT2D eigenvalue weighted by atomic mass is 35.5. The lowest BCUT2D eigenvalue weighted by molar-refractivity contribution is -0.119. The van der Waals surface area contributed by atoms with Crippen LogP contribution in [0.4, 0.5) is 5.69 Å². The highest BCUT2D eigenvalue weighted by Gasteiger charge is 2.27.